The van der Waals surface area contributed by atoms with E-state index < -0.39 is 42.0 Å². The fourth-order valence-electron chi connectivity index (χ4n) is 2.27. The second kappa shape index (κ2) is 9.88. The Hall–Kier alpha value is -2.45. The van der Waals surface area contributed by atoms with Gasteiger partial charge in [0, 0.05) is 6.42 Å². The number of aliphatic hydroxyl groups excluding tert-OH is 1. The van der Waals surface area contributed by atoms with E-state index in [4.69, 9.17) is 10.8 Å². The molecule has 26 heavy (non-hydrogen) atoms. The van der Waals surface area contributed by atoms with Gasteiger partial charge in [0.1, 0.15) is 6.04 Å². The van der Waals surface area contributed by atoms with Crippen LogP contribution in [0.3, 0.4) is 0 Å². The number of benzene rings is 1. The van der Waals surface area contributed by atoms with Crippen molar-refractivity contribution in [2.24, 2.45) is 11.7 Å². The molecule has 0 aliphatic rings. The highest BCUT2D eigenvalue weighted by Crippen LogP contribution is 2.06. The maximum absolute atomic E-state index is 12.6. The van der Waals surface area contributed by atoms with Gasteiger partial charge < -0.3 is 26.6 Å². The molecule has 8 nitrogen and oxygen atoms in total. The number of carboxylic acid groups (broad SMARTS) is 1. The summed E-state index contributed by atoms with van der Waals surface area (Å²) in [4.78, 5) is 36.0. The summed E-state index contributed by atoms with van der Waals surface area (Å²) < 4.78 is 0. The molecule has 0 heterocycles. The fourth-order valence-corrected chi connectivity index (χ4v) is 2.27. The van der Waals surface area contributed by atoms with E-state index in [0.29, 0.717) is 0 Å². The molecule has 0 saturated carbocycles. The third-order valence-electron chi connectivity index (χ3n) is 3.98. The van der Waals surface area contributed by atoms with E-state index in [1.807, 2.05) is 6.07 Å². The van der Waals surface area contributed by atoms with Crippen molar-refractivity contribution >= 4 is 17.8 Å². The molecule has 0 aliphatic heterocycles. The zero-order chi connectivity index (χ0) is 19.9. The van der Waals surface area contributed by atoms with Crippen LogP contribution in [0.2, 0.25) is 0 Å². The third kappa shape index (κ3) is 6.45. The molecule has 144 valence electrons. The lowest BCUT2D eigenvalue weighted by Gasteiger charge is -2.24. The summed E-state index contributed by atoms with van der Waals surface area (Å²) in [5, 5.41) is 23.5. The van der Waals surface area contributed by atoms with E-state index >= 15 is 0 Å². The lowest BCUT2D eigenvalue weighted by atomic mass is 10.0. The fraction of sp³-hybridized carbons (Fsp3) is 0.500. The lowest BCUT2D eigenvalue weighted by Crippen LogP contribution is -2.57. The number of aliphatic hydroxyl groups is 1. The molecule has 0 spiro atoms. The minimum absolute atomic E-state index is 0.125. The van der Waals surface area contributed by atoms with Crippen LogP contribution >= 0.6 is 0 Å². The Morgan fingerprint density at radius 3 is 2.08 bits per heavy atom. The molecule has 0 saturated heterocycles. The maximum atomic E-state index is 12.6. The average Bonchev–Trinajstić information content (AvgIpc) is 2.58. The SMILES string of the molecule is CC(C)C(N)C(=O)NC(Cc1ccccc1)C(=O)NC(C(=O)O)C(C)O. The van der Waals surface area contributed by atoms with Crippen molar-refractivity contribution in [3.8, 4) is 0 Å². The first-order chi connectivity index (χ1) is 12.1. The number of nitrogens with two attached hydrogens (primary N) is 1. The van der Waals surface area contributed by atoms with Crippen molar-refractivity contribution in [1.82, 2.24) is 10.6 Å². The van der Waals surface area contributed by atoms with Crippen LogP contribution < -0.4 is 16.4 Å². The van der Waals surface area contributed by atoms with Crippen LogP contribution in [-0.4, -0.2) is 52.2 Å². The molecule has 4 atom stereocenters. The zero-order valence-electron chi connectivity index (χ0n) is 15.2. The summed E-state index contributed by atoms with van der Waals surface area (Å²) in [5.74, 6) is -2.69. The number of carboxylic acids is 1. The Kier molecular flexibility index (Phi) is 8.21. The molecule has 0 aromatic heterocycles. The Bertz CT molecular complexity index is 619. The third-order valence-corrected chi connectivity index (χ3v) is 3.98. The minimum atomic E-state index is -1.48. The number of carbonyl (C=O) groups is 3. The topological polar surface area (TPSA) is 142 Å². The Morgan fingerprint density at radius 1 is 1.04 bits per heavy atom. The van der Waals surface area contributed by atoms with Crippen LogP contribution in [0.4, 0.5) is 0 Å². The molecule has 1 aromatic rings. The average molecular weight is 365 g/mol. The molecule has 1 rings (SSSR count). The van der Waals surface area contributed by atoms with Crippen molar-refractivity contribution in [2.75, 3.05) is 0 Å². The predicted octanol–water partition coefficient (Wildman–Crippen LogP) is -0.353. The van der Waals surface area contributed by atoms with Crippen LogP contribution in [0, 0.1) is 5.92 Å². The van der Waals surface area contributed by atoms with E-state index in [9.17, 15) is 19.5 Å². The van der Waals surface area contributed by atoms with Crippen molar-refractivity contribution in [3.63, 3.8) is 0 Å². The molecule has 0 fully saturated rings. The second-order valence-electron chi connectivity index (χ2n) is 6.59. The van der Waals surface area contributed by atoms with E-state index in [-0.39, 0.29) is 12.3 Å². The first-order valence-electron chi connectivity index (χ1n) is 8.44. The van der Waals surface area contributed by atoms with Gasteiger partial charge in [0.15, 0.2) is 6.04 Å². The largest absolute Gasteiger partial charge is 0.480 e. The van der Waals surface area contributed by atoms with Gasteiger partial charge in [0.25, 0.3) is 0 Å². The maximum Gasteiger partial charge on any atom is 0.328 e. The van der Waals surface area contributed by atoms with Crippen LogP contribution in [0.15, 0.2) is 30.3 Å². The summed E-state index contributed by atoms with van der Waals surface area (Å²) in [7, 11) is 0. The number of hydrogen-bond donors (Lipinski definition) is 5. The van der Waals surface area contributed by atoms with Crippen molar-refractivity contribution < 1.29 is 24.6 Å². The monoisotopic (exact) mass is 365 g/mol. The Balaban J connectivity index is 2.97. The first-order valence-corrected chi connectivity index (χ1v) is 8.44. The van der Waals surface area contributed by atoms with Gasteiger partial charge in [0.05, 0.1) is 12.1 Å². The molecule has 6 N–H and O–H groups in total. The zero-order valence-corrected chi connectivity index (χ0v) is 15.2. The van der Waals surface area contributed by atoms with Gasteiger partial charge in [-0.05, 0) is 18.4 Å². The first kappa shape index (κ1) is 21.6. The molecule has 2 amide bonds. The molecular formula is C18H27N3O5. The number of aliphatic carboxylic acids is 1. The number of amides is 2. The van der Waals surface area contributed by atoms with Crippen LogP contribution in [0.5, 0.6) is 0 Å². The van der Waals surface area contributed by atoms with Gasteiger partial charge in [-0.2, -0.15) is 0 Å². The summed E-state index contributed by atoms with van der Waals surface area (Å²) >= 11 is 0. The van der Waals surface area contributed by atoms with Crippen LogP contribution in [0.1, 0.15) is 26.3 Å². The molecule has 0 aliphatic carbocycles. The molecule has 4 unspecified atom stereocenters. The molecule has 1 aromatic carbocycles. The smallest absolute Gasteiger partial charge is 0.328 e. The standard InChI is InChI=1S/C18H27N3O5/c1-10(2)14(19)17(24)20-13(9-12-7-5-4-6-8-12)16(23)21-15(11(3)22)18(25)26/h4-8,10-11,13-15,22H,9,19H2,1-3H3,(H,20,24)(H,21,23)(H,25,26). The van der Waals surface area contributed by atoms with E-state index in [2.05, 4.69) is 10.6 Å². The van der Waals surface area contributed by atoms with E-state index in [1.165, 1.54) is 6.92 Å². The Morgan fingerprint density at radius 2 is 1.62 bits per heavy atom. The van der Waals surface area contributed by atoms with Gasteiger partial charge in [-0.15, -0.1) is 0 Å². The molecule has 0 bridgehead atoms. The van der Waals surface area contributed by atoms with Gasteiger partial charge >= 0.3 is 5.97 Å². The second-order valence-corrected chi connectivity index (χ2v) is 6.59. The summed E-state index contributed by atoms with van der Waals surface area (Å²) in [6.45, 7) is 4.83. The Labute approximate surface area is 152 Å². The van der Waals surface area contributed by atoms with Crippen LogP contribution in [-0.2, 0) is 20.8 Å². The van der Waals surface area contributed by atoms with Gasteiger partial charge in [-0.25, -0.2) is 4.79 Å². The van der Waals surface area contributed by atoms with Crippen molar-refractivity contribution in [2.45, 2.75) is 51.4 Å². The summed E-state index contributed by atoms with van der Waals surface area (Å²) in [5.41, 5.74) is 6.61. The van der Waals surface area contributed by atoms with E-state index in [1.54, 1.807) is 38.1 Å². The van der Waals surface area contributed by atoms with Crippen LogP contribution in [0.25, 0.3) is 0 Å². The molecular weight excluding hydrogens is 338 g/mol. The van der Waals surface area contributed by atoms with Gasteiger partial charge in [-0.3, -0.25) is 9.59 Å². The van der Waals surface area contributed by atoms with Gasteiger partial charge in [-0.1, -0.05) is 44.2 Å². The van der Waals surface area contributed by atoms with Gasteiger partial charge in [0.2, 0.25) is 11.8 Å². The number of carbonyl (C=O) groups excluding carboxylic acids is 2. The number of hydrogen-bond acceptors (Lipinski definition) is 5. The lowest BCUT2D eigenvalue weighted by molar-refractivity contribution is -0.145. The van der Waals surface area contributed by atoms with Crippen molar-refractivity contribution in [1.29, 1.82) is 0 Å². The minimum Gasteiger partial charge on any atom is -0.480 e. The highest BCUT2D eigenvalue weighted by molar-refractivity contribution is 5.92. The summed E-state index contributed by atoms with van der Waals surface area (Å²) in [6.07, 6.45) is -1.13. The number of nitrogens with one attached hydrogen (secondary N) is 2. The van der Waals surface area contributed by atoms with E-state index in [0.717, 1.165) is 5.56 Å². The summed E-state index contributed by atoms with van der Waals surface area (Å²) in [6, 6.07) is 5.69. The number of rotatable bonds is 9. The van der Waals surface area contributed by atoms with Crippen molar-refractivity contribution in [3.05, 3.63) is 35.9 Å². The normalized spacial score (nSPS) is 15.6. The predicted molar refractivity (Wildman–Crippen MR) is 96.1 cm³/mol. The highest BCUT2D eigenvalue weighted by atomic mass is 16.4. The highest BCUT2D eigenvalue weighted by Gasteiger charge is 2.30. The molecule has 8 heteroatoms. The molecule has 0 radical (unpaired) electrons. The quantitative estimate of drug-likeness (QED) is 0.405.